The van der Waals surface area contributed by atoms with E-state index in [1.165, 1.54) is 12.4 Å². The Balaban J connectivity index is 2.34. The molecule has 0 amide bonds. The lowest BCUT2D eigenvalue weighted by Gasteiger charge is -2.40. The molecule has 1 unspecified atom stereocenters. The highest BCUT2D eigenvalue weighted by Crippen LogP contribution is 2.38. The van der Waals surface area contributed by atoms with Crippen molar-refractivity contribution in [2.45, 2.75) is 26.2 Å². The zero-order valence-corrected chi connectivity index (χ0v) is 11.3. The Morgan fingerprint density at radius 2 is 2.40 bits per heavy atom. The maximum Gasteiger partial charge on any atom is 0.311 e. The summed E-state index contributed by atoms with van der Waals surface area (Å²) in [6.45, 7) is 2.77. The zero-order chi connectivity index (χ0) is 14.8. The third-order valence-corrected chi connectivity index (χ3v) is 4.02. The number of rotatable bonds is 4. The van der Waals surface area contributed by atoms with Gasteiger partial charge in [-0.15, -0.1) is 0 Å². The van der Waals surface area contributed by atoms with Crippen molar-refractivity contribution in [3.63, 3.8) is 0 Å². The number of carboxylic acids is 1. The van der Waals surface area contributed by atoms with E-state index in [2.05, 4.69) is 4.98 Å². The van der Waals surface area contributed by atoms with Gasteiger partial charge in [0.15, 0.2) is 0 Å². The van der Waals surface area contributed by atoms with Crippen molar-refractivity contribution < 1.29 is 14.8 Å². The molecule has 1 aliphatic rings. The molecule has 0 spiro atoms. The summed E-state index contributed by atoms with van der Waals surface area (Å²) in [5.41, 5.74) is -0.455. The molecule has 1 fully saturated rings. The molecule has 1 aromatic rings. The van der Waals surface area contributed by atoms with Crippen LogP contribution >= 0.6 is 0 Å². The van der Waals surface area contributed by atoms with Crippen molar-refractivity contribution in [1.29, 1.82) is 0 Å². The first-order valence-electron chi connectivity index (χ1n) is 6.57. The lowest BCUT2D eigenvalue weighted by atomic mass is 9.77. The van der Waals surface area contributed by atoms with Crippen LogP contribution in [-0.4, -0.2) is 34.1 Å². The monoisotopic (exact) mass is 279 g/mol. The Morgan fingerprint density at radius 1 is 1.65 bits per heavy atom. The average molecular weight is 279 g/mol. The molecule has 0 aliphatic carbocycles. The van der Waals surface area contributed by atoms with E-state index < -0.39 is 16.3 Å². The molecule has 0 saturated carbocycles. The van der Waals surface area contributed by atoms with E-state index in [9.17, 15) is 20.0 Å². The molecule has 0 radical (unpaired) electrons. The molecule has 7 nitrogen and oxygen atoms in total. The number of carboxylic acid groups (broad SMARTS) is 1. The van der Waals surface area contributed by atoms with Gasteiger partial charge in [0.1, 0.15) is 11.9 Å². The van der Waals surface area contributed by atoms with Crippen LogP contribution in [0.2, 0.25) is 0 Å². The average Bonchev–Trinajstić information content (AvgIpc) is 2.47. The van der Waals surface area contributed by atoms with Crippen LogP contribution in [0.4, 0.5) is 11.4 Å². The van der Waals surface area contributed by atoms with Gasteiger partial charge in [0.25, 0.3) is 0 Å². The maximum absolute atomic E-state index is 11.5. The third-order valence-electron chi connectivity index (χ3n) is 4.02. The second-order valence-electron chi connectivity index (χ2n) is 5.09. The molecule has 2 rings (SSSR count). The Kier molecular flexibility index (Phi) is 3.87. The maximum atomic E-state index is 11.5. The van der Waals surface area contributed by atoms with E-state index in [4.69, 9.17) is 0 Å². The lowest BCUT2D eigenvalue weighted by Crippen LogP contribution is -2.47. The Morgan fingerprint density at radius 3 is 3.00 bits per heavy atom. The standard InChI is InChI=1S/C13H17N3O4/c1-2-13(12(17)18)5-3-7-15(9-13)10-4-6-14-8-11(10)16(19)20/h4,6,8H,2-3,5,7,9H2,1H3,(H,17,18). The summed E-state index contributed by atoms with van der Waals surface area (Å²) in [4.78, 5) is 27.7. The number of pyridine rings is 1. The van der Waals surface area contributed by atoms with Crippen LogP contribution in [0.15, 0.2) is 18.5 Å². The van der Waals surface area contributed by atoms with Crippen LogP contribution in [0.3, 0.4) is 0 Å². The minimum absolute atomic E-state index is 0.0789. The van der Waals surface area contributed by atoms with E-state index in [1.54, 1.807) is 11.0 Å². The first-order valence-corrected chi connectivity index (χ1v) is 6.57. The van der Waals surface area contributed by atoms with Crippen molar-refractivity contribution in [3.8, 4) is 0 Å². The fraction of sp³-hybridized carbons (Fsp3) is 0.538. The third kappa shape index (κ3) is 2.43. The van der Waals surface area contributed by atoms with E-state index in [1.807, 2.05) is 6.92 Å². The van der Waals surface area contributed by atoms with Crippen LogP contribution in [0.25, 0.3) is 0 Å². The Bertz CT molecular complexity index is 534. The van der Waals surface area contributed by atoms with Gasteiger partial charge in [-0.05, 0) is 25.3 Å². The highest BCUT2D eigenvalue weighted by molar-refractivity contribution is 5.76. The second kappa shape index (κ2) is 5.44. The van der Waals surface area contributed by atoms with Gasteiger partial charge in [-0.2, -0.15) is 0 Å². The van der Waals surface area contributed by atoms with E-state index in [0.29, 0.717) is 38.0 Å². The van der Waals surface area contributed by atoms with Crippen LogP contribution < -0.4 is 4.90 Å². The predicted molar refractivity (Wildman–Crippen MR) is 72.7 cm³/mol. The summed E-state index contributed by atoms with van der Waals surface area (Å²) in [6.07, 6.45) is 4.52. The molecule has 108 valence electrons. The number of carbonyl (C=O) groups is 1. The molecule has 0 bridgehead atoms. The van der Waals surface area contributed by atoms with Gasteiger partial charge in [-0.1, -0.05) is 6.92 Å². The summed E-state index contributed by atoms with van der Waals surface area (Å²) < 4.78 is 0. The van der Waals surface area contributed by atoms with Crippen molar-refractivity contribution in [3.05, 3.63) is 28.6 Å². The minimum Gasteiger partial charge on any atom is -0.481 e. The fourth-order valence-electron chi connectivity index (χ4n) is 2.74. The van der Waals surface area contributed by atoms with Crippen molar-refractivity contribution in [2.24, 2.45) is 5.41 Å². The van der Waals surface area contributed by atoms with Crippen LogP contribution in [0.1, 0.15) is 26.2 Å². The van der Waals surface area contributed by atoms with E-state index in [0.717, 1.165) is 0 Å². The van der Waals surface area contributed by atoms with E-state index >= 15 is 0 Å². The number of hydrogen-bond donors (Lipinski definition) is 1. The summed E-state index contributed by atoms with van der Waals surface area (Å²) in [6, 6.07) is 1.58. The van der Waals surface area contributed by atoms with Crippen molar-refractivity contribution >= 4 is 17.3 Å². The number of nitro groups is 1. The van der Waals surface area contributed by atoms with Crippen LogP contribution in [-0.2, 0) is 4.79 Å². The topological polar surface area (TPSA) is 96.6 Å². The predicted octanol–water partition coefficient (Wildman–Crippen LogP) is 2.07. The summed E-state index contributed by atoms with van der Waals surface area (Å²) in [5, 5.41) is 20.5. The van der Waals surface area contributed by atoms with Gasteiger partial charge in [0.2, 0.25) is 0 Å². The minimum atomic E-state index is -0.832. The molecule has 20 heavy (non-hydrogen) atoms. The zero-order valence-electron chi connectivity index (χ0n) is 11.3. The first-order chi connectivity index (χ1) is 9.50. The summed E-state index contributed by atoms with van der Waals surface area (Å²) in [5.74, 6) is -0.832. The number of anilines is 1. The highest BCUT2D eigenvalue weighted by Gasteiger charge is 2.41. The number of nitrogens with zero attached hydrogens (tertiary/aromatic N) is 3. The Labute approximate surface area is 116 Å². The van der Waals surface area contributed by atoms with Gasteiger partial charge >= 0.3 is 11.7 Å². The molecule has 1 N–H and O–H groups in total. The van der Waals surface area contributed by atoms with Gasteiger partial charge < -0.3 is 10.0 Å². The lowest BCUT2D eigenvalue weighted by molar-refractivity contribution is -0.384. The number of hydrogen-bond acceptors (Lipinski definition) is 5. The molecule has 1 saturated heterocycles. The second-order valence-corrected chi connectivity index (χ2v) is 5.09. The molecule has 7 heteroatoms. The van der Waals surface area contributed by atoms with Gasteiger partial charge in [-0.3, -0.25) is 19.9 Å². The number of piperidine rings is 1. The van der Waals surface area contributed by atoms with Gasteiger partial charge in [0.05, 0.1) is 10.3 Å². The first kappa shape index (κ1) is 14.2. The normalized spacial score (nSPS) is 22.6. The smallest absolute Gasteiger partial charge is 0.311 e. The Hall–Kier alpha value is -2.18. The summed E-state index contributed by atoms with van der Waals surface area (Å²) in [7, 11) is 0. The SMILES string of the molecule is CCC1(C(=O)O)CCCN(c2ccncc2[N+](=O)[O-])C1. The summed E-state index contributed by atoms with van der Waals surface area (Å²) >= 11 is 0. The van der Waals surface area contributed by atoms with Gasteiger partial charge in [-0.25, -0.2) is 0 Å². The van der Waals surface area contributed by atoms with Crippen LogP contribution in [0.5, 0.6) is 0 Å². The quantitative estimate of drug-likeness (QED) is 0.669. The molecular formula is C13H17N3O4. The number of aromatic nitrogens is 1. The van der Waals surface area contributed by atoms with Crippen molar-refractivity contribution in [1.82, 2.24) is 4.98 Å². The number of aliphatic carboxylic acids is 1. The molecule has 1 aromatic heterocycles. The van der Waals surface area contributed by atoms with E-state index in [-0.39, 0.29) is 5.69 Å². The molecule has 1 atom stereocenters. The fourth-order valence-corrected chi connectivity index (χ4v) is 2.74. The van der Waals surface area contributed by atoms with Crippen molar-refractivity contribution in [2.75, 3.05) is 18.0 Å². The molecule has 1 aliphatic heterocycles. The molecule has 2 heterocycles. The highest BCUT2D eigenvalue weighted by atomic mass is 16.6. The van der Waals surface area contributed by atoms with Crippen LogP contribution in [0, 0.1) is 15.5 Å². The largest absolute Gasteiger partial charge is 0.481 e. The van der Waals surface area contributed by atoms with Gasteiger partial charge in [0, 0.05) is 19.3 Å². The molecular weight excluding hydrogens is 262 g/mol. The molecule has 0 aromatic carbocycles.